The summed E-state index contributed by atoms with van der Waals surface area (Å²) in [5.74, 6) is -0.508. The van der Waals surface area contributed by atoms with E-state index in [9.17, 15) is 14.3 Å². The number of alkyl halides is 1. The van der Waals surface area contributed by atoms with Gasteiger partial charge in [-0.1, -0.05) is 18.2 Å². The van der Waals surface area contributed by atoms with Crippen molar-refractivity contribution in [3.8, 4) is 0 Å². The predicted octanol–water partition coefficient (Wildman–Crippen LogP) is 2.04. The van der Waals surface area contributed by atoms with Gasteiger partial charge in [0.05, 0.1) is 5.60 Å². The monoisotopic (exact) mass is 200 g/mol. The van der Waals surface area contributed by atoms with Gasteiger partial charge in [0.25, 0.3) is 0 Å². The van der Waals surface area contributed by atoms with Gasteiger partial charge in [-0.05, 0) is 13.8 Å². The van der Waals surface area contributed by atoms with E-state index >= 15 is 0 Å². The Balaban J connectivity index is 4.29. The first-order valence-corrected chi connectivity index (χ1v) is 4.52. The lowest BCUT2D eigenvalue weighted by Gasteiger charge is -2.14. The molecule has 0 amide bonds. The summed E-state index contributed by atoms with van der Waals surface area (Å²) in [4.78, 5) is 10.2. The second-order valence-electron chi connectivity index (χ2n) is 3.76. The van der Waals surface area contributed by atoms with Crippen LogP contribution in [-0.4, -0.2) is 23.2 Å². The standard InChI is InChI=1S/C11H17FO2/c1-4-9(6-8-13)10(12)5-7-11(2,3)14/h4-5,7-10,14H,1,6H2,2-3H3/b7-5+. The zero-order chi connectivity index (χ0) is 11.2. The van der Waals surface area contributed by atoms with Crippen molar-refractivity contribution in [3.63, 3.8) is 0 Å². The Kier molecular flexibility index (Phi) is 5.31. The lowest BCUT2D eigenvalue weighted by atomic mass is 9.98. The molecule has 0 saturated carbocycles. The lowest BCUT2D eigenvalue weighted by Crippen LogP contribution is -2.17. The topological polar surface area (TPSA) is 37.3 Å². The molecule has 0 saturated heterocycles. The Labute approximate surface area is 84.1 Å². The maximum atomic E-state index is 13.4. The average Bonchev–Trinajstić information content (AvgIpc) is 2.09. The van der Waals surface area contributed by atoms with Crippen LogP contribution in [0.25, 0.3) is 0 Å². The van der Waals surface area contributed by atoms with Gasteiger partial charge in [0, 0.05) is 12.3 Å². The number of aliphatic hydroxyl groups is 1. The van der Waals surface area contributed by atoms with Crippen LogP contribution in [0.5, 0.6) is 0 Å². The van der Waals surface area contributed by atoms with Crippen LogP contribution >= 0.6 is 0 Å². The minimum Gasteiger partial charge on any atom is -0.386 e. The highest BCUT2D eigenvalue weighted by molar-refractivity contribution is 5.50. The van der Waals surface area contributed by atoms with Crippen LogP contribution in [0.2, 0.25) is 0 Å². The van der Waals surface area contributed by atoms with Crippen molar-refractivity contribution in [2.24, 2.45) is 5.92 Å². The maximum Gasteiger partial charge on any atom is 0.125 e. The van der Waals surface area contributed by atoms with Gasteiger partial charge in [-0.15, -0.1) is 6.58 Å². The number of rotatable bonds is 6. The highest BCUT2D eigenvalue weighted by atomic mass is 19.1. The van der Waals surface area contributed by atoms with Gasteiger partial charge in [-0.25, -0.2) is 4.39 Å². The summed E-state index contributed by atoms with van der Waals surface area (Å²) in [6.07, 6.45) is 3.55. The van der Waals surface area contributed by atoms with Crippen LogP contribution in [0.15, 0.2) is 24.8 Å². The van der Waals surface area contributed by atoms with Crippen molar-refractivity contribution in [2.45, 2.75) is 32.0 Å². The number of halogens is 1. The zero-order valence-corrected chi connectivity index (χ0v) is 8.61. The molecule has 0 radical (unpaired) electrons. The number of carbonyl (C=O) groups excluding carboxylic acids is 1. The van der Waals surface area contributed by atoms with Crippen molar-refractivity contribution < 1.29 is 14.3 Å². The molecule has 80 valence electrons. The second kappa shape index (κ2) is 5.70. The van der Waals surface area contributed by atoms with Crippen molar-refractivity contribution in [1.82, 2.24) is 0 Å². The molecular weight excluding hydrogens is 183 g/mol. The minimum absolute atomic E-state index is 0.112. The van der Waals surface area contributed by atoms with Gasteiger partial charge < -0.3 is 9.90 Å². The van der Waals surface area contributed by atoms with Gasteiger partial charge in [-0.3, -0.25) is 0 Å². The van der Waals surface area contributed by atoms with Gasteiger partial charge in [-0.2, -0.15) is 0 Å². The lowest BCUT2D eigenvalue weighted by molar-refractivity contribution is -0.108. The number of carbonyl (C=O) groups is 1. The molecule has 2 unspecified atom stereocenters. The third-order valence-corrected chi connectivity index (χ3v) is 1.77. The van der Waals surface area contributed by atoms with Crippen LogP contribution in [0.1, 0.15) is 20.3 Å². The Morgan fingerprint density at radius 3 is 2.50 bits per heavy atom. The summed E-state index contributed by atoms with van der Waals surface area (Å²) >= 11 is 0. The smallest absolute Gasteiger partial charge is 0.125 e. The average molecular weight is 200 g/mol. The summed E-state index contributed by atoms with van der Waals surface area (Å²) < 4.78 is 13.4. The van der Waals surface area contributed by atoms with E-state index < -0.39 is 17.7 Å². The SMILES string of the molecule is C=CC(CC=O)C(F)/C=C/C(C)(C)O. The van der Waals surface area contributed by atoms with E-state index in [1.54, 1.807) is 13.8 Å². The van der Waals surface area contributed by atoms with E-state index in [1.165, 1.54) is 18.2 Å². The third-order valence-electron chi connectivity index (χ3n) is 1.77. The zero-order valence-electron chi connectivity index (χ0n) is 8.61. The summed E-state index contributed by atoms with van der Waals surface area (Å²) in [6.45, 7) is 6.56. The summed E-state index contributed by atoms with van der Waals surface area (Å²) in [5, 5.41) is 9.30. The first-order valence-electron chi connectivity index (χ1n) is 4.52. The van der Waals surface area contributed by atoms with Crippen LogP contribution in [-0.2, 0) is 4.79 Å². The van der Waals surface area contributed by atoms with E-state index in [1.807, 2.05) is 0 Å². The van der Waals surface area contributed by atoms with Crippen molar-refractivity contribution in [2.75, 3.05) is 0 Å². The first-order chi connectivity index (χ1) is 6.40. The summed E-state index contributed by atoms with van der Waals surface area (Å²) in [6, 6.07) is 0. The van der Waals surface area contributed by atoms with Crippen molar-refractivity contribution in [3.05, 3.63) is 24.8 Å². The fourth-order valence-electron chi connectivity index (χ4n) is 0.937. The van der Waals surface area contributed by atoms with Crippen LogP contribution < -0.4 is 0 Å². The largest absolute Gasteiger partial charge is 0.386 e. The molecule has 0 aliphatic heterocycles. The predicted molar refractivity (Wildman–Crippen MR) is 54.7 cm³/mol. The molecule has 0 fully saturated rings. The summed E-state index contributed by atoms with van der Waals surface area (Å²) in [7, 11) is 0. The van der Waals surface area contributed by atoms with Gasteiger partial charge in [0.2, 0.25) is 0 Å². The molecule has 0 bridgehead atoms. The van der Waals surface area contributed by atoms with E-state index in [4.69, 9.17) is 0 Å². The molecule has 0 aromatic heterocycles. The Morgan fingerprint density at radius 2 is 2.14 bits per heavy atom. The molecule has 0 spiro atoms. The normalized spacial score (nSPS) is 16.6. The van der Waals surface area contributed by atoms with Gasteiger partial charge in [0.15, 0.2) is 0 Å². The Bertz CT molecular complexity index is 216. The van der Waals surface area contributed by atoms with E-state index in [-0.39, 0.29) is 6.42 Å². The van der Waals surface area contributed by atoms with E-state index in [0.29, 0.717) is 6.29 Å². The molecule has 0 rings (SSSR count). The molecule has 2 nitrogen and oxygen atoms in total. The number of hydrogen-bond donors (Lipinski definition) is 1. The van der Waals surface area contributed by atoms with Crippen molar-refractivity contribution in [1.29, 1.82) is 0 Å². The number of hydrogen-bond acceptors (Lipinski definition) is 2. The molecule has 0 heterocycles. The highest BCUT2D eigenvalue weighted by Crippen LogP contribution is 2.15. The molecule has 0 aromatic rings. The molecule has 0 aliphatic carbocycles. The Morgan fingerprint density at radius 1 is 1.57 bits per heavy atom. The molecular formula is C11H17FO2. The van der Waals surface area contributed by atoms with Crippen molar-refractivity contribution >= 4 is 6.29 Å². The minimum atomic E-state index is -1.27. The second-order valence-corrected chi connectivity index (χ2v) is 3.76. The number of aldehydes is 1. The third kappa shape index (κ3) is 5.65. The fourth-order valence-corrected chi connectivity index (χ4v) is 0.937. The van der Waals surface area contributed by atoms with Gasteiger partial charge >= 0.3 is 0 Å². The molecule has 0 aliphatic rings. The highest BCUT2D eigenvalue weighted by Gasteiger charge is 2.16. The van der Waals surface area contributed by atoms with Crippen LogP contribution in [0.4, 0.5) is 4.39 Å². The molecule has 2 atom stereocenters. The maximum absolute atomic E-state index is 13.4. The van der Waals surface area contributed by atoms with E-state index in [2.05, 4.69) is 6.58 Å². The molecule has 1 N–H and O–H groups in total. The molecule has 3 heteroatoms. The van der Waals surface area contributed by atoms with Gasteiger partial charge in [0.1, 0.15) is 12.5 Å². The fraction of sp³-hybridized carbons (Fsp3) is 0.545. The first kappa shape index (κ1) is 13.0. The Hall–Kier alpha value is -0.960. The molecule has 14 heavy (non-hydrogen) atoms. The number of allylic oxidation sites excluding steroid dienone is 2. The van der Waals surface area contributed by atoms with Crippen LogP contribution in [0, 0.1) is 5.92 Å². The van der Waals surface area contributed by atoms with E-state index in [0.717, 1.165) is 0 Å². The summed E-state index contributed by atoms with van der Waals surface area (Å²) in [5.41, 5.74) is -1.03. The van der Waals surface area contributed by atoms with Crippen LogP contribution in [0.3, 0.4) is 0 Å². The molecule has 0 aromatic carbocycles. The quantitative estimate of drug-likeness (QED) is 0.526.